The second-order valence-electron chi connectivity index (χ2n) is 6.06. The predicted molar refractivity (Wildman–Crippen MR) is 71.9 cm³/mol. The van der Waals surface area contributed by atoms with Crippen molar-refractivity contribution in [3.63, 3.8) is 0 Å². The summed E-state index contributed by atoms with van der Waals surface area (Å²) in [5.74, 6) is -0.177. The van der Waals surface area contributed by atoms with E-state index >= 15 is 0 Å². The Bertz CT molecular complexity index is 347. The van der Waals surface area contributed by atoms with Gasteiger partial charge in [-0.05, 0) is 44.4 Å². The van der Waals surface area contributed by atoms with Gasteiger partial charge >= 0.3 is 12.0 Å². The number of carboxylic acid groups (broad SMARTS) is 1. The van der Waals surface area contributed by atoms with Crippen LogP contribution in [-0.2, 0) is 4.79 Å². The molecule has 0 aliphatic heterocycles. The molecule has 0 unspecified atom stereocenters. The largest absolute Gasteiger partial charge is 0.480 e. The number of urea groups is 1. The van der Waals surface area contributed by atoms with E-state index in [9.17, 15) is 9.59 Å². The molecule has 2 saturated carbocycles. The monoisotopic (exact) mass is 268 g/mol. The number of aliphatic carboxylic acids is 1. The first-order valence-electron chi connectivity index (χ1n) is 7.24. The van der Waals surface area contributed by atoms with E-state index in [0.717, 1.165) is 44.4 Å². The molecule has 0 aromatic heterocycles. The van der Waals surface area contributed by atoms with Crippen molar-refractivity contribution in [2.24, 2.45) is 5.92 Å². The first-order chi connectivity index (χ1) is 8.99. The number of nitrogens with zero attached hydrogens (tertiary/aromatic N) is 2. The zero-order valence-electron chi connectivity index (χ0n) is 11.8. The summed E-state index contributed by atoms with van der Waals surface area (Å²) in [6.45, 7) is 2.08. The van der Waals surface area contributed by atoms with Crippen molar-refractivity contribution in [2.45, 2.75) is 57.5 Å². The standard InChI is InChI=1S/C14H24N2O3/c1-10-3-5-11(6-4-10)15(2)14(19)16(9-13(17)18)12-7-8-12/h10-12H,3-9H2,1-2H3,(H,17,18). The molecule has 108 valence electrons. The molecule has 0 spiro atoms. The lowest BCUT2D eigenvalue weighted by Crippen LogP contribution is -2.49. The van der Waals surface area contributed by atoms with Crippen LogP contribution in [0.5, 0.6) is 0 Å². The summed E-state index contributed by atoms with van der Waals surface area (Å²) < 4.78 is 0. The molecular formula is C14H24N2O3. The molecule has 0 saturated heterocycles. The Labute approximate surface area is 114 Å². The van der Waals surface area contributed by atoms with Crippen LogP contribution >= 0.6 is 0 Å². The minimum Gasteiger partial charge on any atom is -0.480 e. The highest BCUT2D eigenvalue weighted by Crippen LogP contribution is 2.30. The highest BCUT2D eigenvalue weighted by molar-refractivity contribution is 5.80. The minimum atomic E-state index is -0.925. The number of hydrogen-bond donors (Lipinski definition) is 1. The third-order valence-corrected chi connectivity index (χ3v) is 4.37. The van der Waals surface area contributed by atoms with Crippen LogP contribution in [0.2, 0.25) is 0 Å². The maximum absolute atomic E-state index is 12.4. The Hall–Kier alpha value is -1.26. The zero-order valence-corrected chi connectivity index (χ0v) is 11.8. The van der Waals surface area contributed by atoms with Crippen LogP contribution in [0.1, 0.15) is 45.4 Å². The fourth-order valence-corrected chi connectivity index (χ4v) is 2.87. The fraction of sp³-hybridized carbons (Fsp3) is 0.857. The van der Waals surface area contributed by atoms with E-state index in [1.54, 1.807) is 4.90 Å². The van der Waals surface area contributed by atoms with Crippen LogP contribution < -0.4 is 0 Å². The number of carbonyl (C=O) groups is 2. The zero-order chi connectivity index (χ0) is 14.0. The van der Waals surface area contributed by atoms with Crippen molar-refractivity contribution >= 4 is 12.0 Å². The van der Waals surface area contributed by atoms with Gasteiger partial charge in [-0.15, -0.1) is 0 Å². The van der Waals surface area contributed by atoms with Crippen LogP contribution in [0.15, 0.2) is 0 Å². The molecule has 1 N–H and O–H groups in total. The van der Waals surface area contributed by atoms with Gasteiger partial charge in [0.1, 0.15) is 6.54 Å². The van der Waals surface area contributed by atoms with Crippen LogP contribution in [0.4, 0.5) is 4.79 Å². The molecule has 2 aliphatic rings. The lowest BCUT2D eigenvalue weighted by atomic mass is 9.87. The second kappa shape index (κ2) is 5.80. The first-order valence-corrected chi connectivity index (χ1v) is 7.24. The Kier molecular flexibility index (Phi) is 4.32. The van der Waals surface area contributed by atoms with Gasteiger partial charge in [0.25, 0.3) is 0 Å². The molecule has 0 atom stereocenters. The van der Waals surface area contributed by atoms with Gasteiger partial charge in [0.15, 0.2) is 0 Å². The van der Waals surface area contributed by atoms with Gasteiger partial charge in [-0.3, -0.25) is 4.79 Å². The topological polar surface area (TPSA) is 60.9 Å². The number of carboxylic acids is 1. The summed E-state index contributed by atoms with van der Waals surface area (Å²) >= 11 is 0. The summed E-state index contributed by atoms with van der Waals surface area (Å²) in [7, 11) is 1.82. The lowest BCUT2D eigenvalue weighted by molar-refractivity contribution is -0.137. The smallest absolute Gasteiger partial charge is 0.323 e. The van der Waals surface area contributed by atoms with Crippen molar-refractivity contribution in [1.29, 1.82) is 0 Å². The van der Waals surface area contributed by atoms with Gasteiger partial charge in [-0.2, -0.15) is 0 Å². The van der Waals surface area contributed by atoms with Crippen molar-refractivity contribution in [1.82, 2.24) is 9.80 Å². The molecule has 2 rings (SSSR count). The maximum atomic E-state index is 12.4. The number of amides is 2. The molecule has 0 aromatic rings. The maximum Gasteiger partial charge on any atom is 0.323 e. The minimum absolute atomic E-state index is 0.107. The number of carbonyl (C=O) groups excluding carboxylic acids is 1. The quantitative estimate of drug-likeness (QED) is 0.850. The van der Waals surface area contributed by atoms with E-state index in [1.165, 1.54) is 4.90 Å². The molecule has 0 bridgehead atoms. The summed E-state index contributed by atoms with van der Waals surface area (Å²) in [6.07, 6.45) is 6.27. The highest BCUT2D eigenvalue weighted by Gasteiger charge is 2.37. The van der Waals surface area contributed by atoms with E-state index in [0.29, 0.717) is 0 Å². The van der Waals surface area contributed by atoms with Gasteiger partial charge in [-0.1, -0.05) is 6.92 Å². The SMILES string of the molecule is CC1CCC(N(C)C(=O)N(CC(=O)O)C2CC2)CC1. The summed E-state index contributed by atoms with van der Waals surface area (Å²) in [4.78, 5) is 26.6. The van der Waals surface area contributed by atoms with Crippen molar-refractivity contribution in [3.05, 3.63) is 0 Å². The average molecular weight is 268 g/mol. The molecule has 19 heavy (non-hydrogen) atoms. The number of hydrogen-bond acceptors (Lipinski definition) is 2. The third-order valence-electron chi connectivity index (χ3n) is 4.37. The number of rotatable bonds is 4. The molecule has 0 heterocycles. The predicted octanol–water partition coefficient (Wildman–Crippen LogP) is 2.17. The van der Waals surface area contributed by atoms with Gasteiger partial charge in [-0.25, -0.2) is 4.79 Å². The molecule has 0 radical (unpaired) electrons. The van der Waals surface area contributed by atoms with Gasteiger partial charge in [0.2, 0.25) is 0 Å². The van der Waals surface area contributed by atoms with E-state index in [1.807, 2.05) is 7.05 Å². The Morgan fingerprint density at radius 3 is 2.05 bits per heavy atom. The van der Waals surface area contributed by atoms with E-state index < -0.39 is 5.97 Å². The first kappa shape index (κ1) is 14.2. The summed E-state index contributed by atoms with van der Waals surface area (Å²) in [5.41, 5.74) is 0. The van der Waals surface area contributed by atoms with E-state index in [2.05, 4.69) is 6.92 Å². The van der Waals surface area contributed by atoms with E-state index in [4.69, 9.17) is 5.11 Å². The molecule has 0 aromatic carbocycles. The highest BCUT2D eigenvalue weighted by atomic mass is 16.4. The van der Waals surface area contributed by atoms with Crippen molar-refractivity contribution < 1.29 is 14.7 Å². The molecule has 5 heteroatoms. The molecular weight excluding hydrogens is 244 g/mol. The van der Waals surface area contributed by atoms with Gasteiger partial charge in [0.05, 0.1) is 0 Å². The van der Waals surface area contributed by atoms with Crippen LogP contribution in [-0.4, -0.2) is 52.6 Å². The normalized spacial score (nSPS) is 26.8. The molecule has 5 nitrogen and oxygen atoms in total. The lowest BCUT2D eigenvalue weighted by Gasteiger charge is -2.36. The fourth-order valence-electron chi connectivity index (χ4n) is 2.87. The van der Waals surface area contributed by atoms with E-state index in [-0.39, 0.29) is 24.7 Å². The Morgan fingerprint density at radius 2 is 1.58 bits per heavy atom. The second-order valence-corrected chi connectivity index (χ2v) is 6.06. The van der Waals surface area contributed by atoms with Gasteiger partial charge in [0, 0.05) is 19.1 Å². The van der Waals surface area contributed by atoms with Crippen LogP contribution in [0, 0.1) is 5.92 Å². The Morgan fingerprint density at radius 1 is 1.05 bits per heavy atom. The Balaban J connectivity index is 1.94. The van der Waals surface area contributed by atoms with Crippen molar-refractivity contribution in [3.8, 4) is 0 Å². The van der Waals surface area contributed by atoms with Gasteiger partial charge < -0.3 is 14.9 Å². The molecule has 2 aliphatic carbocycles. The summed E-state index contributed by atoms with van der Waals surface area (Å²) in [5, 5.41) is 8.92. The molecule has 2 fully saturated rings. The van der Waals surface area contributed by atoms with Crippen LogP contribution in [0.3, 0.4) is 0 Å². The third kappa shape index (κ3) is 3.61. The summed E-state index contributed by atoms with van der Waals surface area (Å²) in [6, 6.07) is 0.316. The molecule has 2 amide bonds. The average Bonchev–Trinajstić information content (AvgIpc) is 3.19. The van der Waals surface area contributed by atoms with Crippen LogP contribution in [0.25, 0.3) is 0 Å². The van der Waals surface area contributed by atoms with Crippen molar-refractivity contribution in [2.75, 3.05) is 13.6 Å².